The number of nitrogens with zero attached hydrogens (tertiary/aromatic N) is 1. The van der Waals surface area contributed by atoms with E-state index in [1.807, 2.05) is 0 Å². The van der Waals surface area contributed by atoms with Crippen LogP contribution in [0, 0.1) is 11.8 Å². The highest BCUT2D eigenvalue weighted by Gasteiger charge is 2.34. The highest BCUT2D eigenvalue weighted by Crippen LogP contribution is 2.32. The van der Waals surface area contributed by atoms with Gasteiger partial charge in [0.2, 0.25) is 5.91 Å². The van der Waals surface area contributed by atoms with Gasteiger partial charge in [-0.05, 0) is 57.0 Å². The van der Waals surface area contributed by atoms with E-state index < -0.39 is 0 Å². The maximum Gasteiger partial charge on any atom is 0.222 e. The van der Waals surface area contributed by atoms with Gasteiger partial charge in [0.1, 0.15) is 0 Å². The van der Waals surface area contributed by atoms with Gasteiger partial charge in [0.25, 0.3) is 0 Å². The van der Waals surface area contributed by atoms with Crippen molar-refractivity contribution in [3.8, 4) is 0 Å². The number of hydrogen-bond donors (Lipinski definition) is 1. The molecule has 0 aromatic carbocycles. The molecule has 1 saturated heterocycles. The van der Waals surface area contributed by atoms with Crippen LogP contribution in [0.15, 0.2) is 0 Å². The summed E-state index contributed by atoms with van der Waals surface area (Å²) in [6.45, 7) is 3.29. The molecule has 0 radical (unpaired) electrons. The molecular formula is C17H30N2O. The van der Waals surface area contributed by atoms with Crippen LogP contribution >= 0.6 is 0 Å². The van der Waals surface area contributed by atoms with E-state index in [0.717, 1.165) is 38.4 Å². The summed E-state index contributed by atoms with van der Waals surface area (Å²) in [6.07, 6.45) is 12.5. The summed E-state index contributed by atoms with van der Waals surface area (Å²) in [5, 5.41) is 3.48. The molecule has 1 amide bonds. The first-order chi connectivity index (χ1) is 9.83. The molecule has 1 unspecified atom stereocenters. The quantitative estimate of drug-likeness (QED) is 0.810. The number of rotatable bonds is 6. The Kier molecular flexibility index (Phi) is 4.98. The summed E-state index contributed by atoms with van der Waals surface area (Å²) >= 11 is 0. The smallest absolute Gasteiger partial charge is 0.222 e. The second-order valence-corrected chi connectivity index (χ2v) is 7.18. The Balaban J connectivity index is 1.46. The molecule has 1 N–H and O–H groups in total. The molecule has 3 heteroatoms. The van der Waals surface area contributed by atoms with Crippen molar-refractivity contribution in [1.82, 2.24) is 10.2 Å². The second kappa shape index (κ2) is 6.93. The molecule has 20 heavy (non-hydrogen) atoms. The van der Waals surface area contributed by atoms with Crippen molar-refractivity contribution < 1.29 is 4.79 Å². The van der Waals surface area contributed by atoms with E-state index in [9.17, 15) is 4.79 Å². The Hall–Kier alpha value is -0.570. The van der Waals surface area contributed by atoms with E-state index in [2.05, 4.69) is 10.2 Å². The van der Waals surface area contributed by atoms with Crippen LogP contribution in [0.2, 0.25) is 0 Å². The lowest BCUT2D eigenvalue weighted by molar-refractivity contribution is -0.132. The molecule has 3 rings (SSSR count). The monoisotopic (exact) mass is 278 g/mol. The molecular weight excluding hydrogens is 248 g/mol. The van der Waals surface area contributed by atoms with Gasteiger partial charge in [-0.25, -0.2) is 0 Å². The lowest BCUT2D eigenvalue weighted by Crippen LogP contribution is -2.42. The summed E-state index contributed by atoms with van der Waals surface area (Å²) in [5.74, 6) is 1.99. The van der Waals surface area contributed by atoms with Gasteiger partial charge in [-0.3, -0.25) is 4.79 Å². The van der Waals surface area contributed by atoms with Crippen LogP contribution in [0.4, 0.5) is 0 Å². The zero-order chi connectivity index (χ0) is 13.8. The number of hydrogen-bond acceptors (Lipinski definition) is 2. The minimum atomic E-state index is 0.449. The van der Waals surface area contributed by atoms with Crippen molar-refractivity contribution in [1.29, 1.82) is 0 Å². The summed E-state index contributed by atoms with van der Waals surface area (Å²) in [5.41, 5.74) is 0. The molecule has 114 valence electrons. The van der Waals surface area contributed by atoms with Crippen LogP contribution in [-0.2, 0) is 4.79 Å². The SMILES string of the molecule is O=C(CCC1CCCC1)N(CC1CCCNC1)C1CC1. The van der Waals surface area contributed by atoms with Crippen molar-refractivity contribution in [3.05, 3.63) is 0 Å². The number of carbonyl (C=O) groups excluding carboxylic acids is 1. The zero-order valence-electron chi connectivity index (χ0n) is 12.8. The number of piperidine rings is 1. The van der Waals surface area contributed by atoms with Crippen LogP contribution in [0.1, 0.15) is 64.2 Å². The van der Waals surface area contributed by atoms with Gasteiger partial charge in [-0.15, -0.1) is 0 Å². The summed E-state index contributed by atoms with van der Waals surface area (Å²) in [4.78, 5) is 14.8. The summed E-state index contributed by atoms with van der Waals surface area (Å²) in [7, 11) is 0. The van der Waals surface area contributed by atoms with E-state index >= 15 is 0 Å². The predicted molar refractivity (Wildman–Crippen MR) is 81.5 cm³/mol. The van der Waals surface area contributed by atoms with Crippen LogP contribution in [0.5, 0.6) is 0 Å². The normalized spacial score (nSPS) is 27.7. The average Bonchev–Trinajstić information content (AvgIpc) is 3.19. The van der Waals surface area contributed by atoms with Gasteiger partial charge >= 0.3 is 0 Å². The maximum atomic E-state index is 12.6. The van der Waals surface area contributed by atoms with Crippen molar-refractivity contribution >= 4 is 5.91 Å². The molecule has 0 spiro atoms. The van der Waals surface area contributed by atoms with Crippen molar-refractivity contribution in [3.63, 3.8) is 0 Å². The fraction of sp³-hybridized carbons (Fsp3) is 0.941. The van der Waals surface area contributed by atoms with Crippen molar-refractivity contribution in [2.45, 2.75) is 70.3 Å². The Morgan fingerprint density at radius 3 is 2.40 bits per heavy atom. The topological polar surface area (TPSA) is 32.3 Å². The first-order valence-corrected chi connectivity index (χ1v) is 8.83. The lowest BCUT2D eigenvalue weighted by Gasteiger charge is -2.30. The third kappa shape index (κ3) is 3.97. The largest absolute Gasteiger partial charge is 0.339 e. The molecule has 3 aliphatic rings. The van der Waals surface area contributed by atoms with Gasteiger partial charge in [0.05, 0.1) is 0 Å². The zero-order valence-corrected chi connectivity index (χ0v) is 12.8. The summed E-state index contributed by atoms with van der Waals surface area (Å²) < 4.78 is 0. The molecule has 2 aliphatic carbocycles. The average molecular weight is 278 g/mol. The molecule has 3 fully saturated rings. The number of carbonyl (C=O) groups is 1. The molecule has 1 heterocycles. The van der Waals surface area contributed by atoms with E-state index in [4.69, 9.17) is 0 Å². The number of amides is 1. The minimum Gasteiger partial charge on any atom is -0.339 e. The molecule has 1 atom stereocenters. The fourth-order valence-corrected chi connectivity index (χ4v) is 3.97. The third-order valence-corrected chi connectivity index (χ3v) is 5.40. The predicted octanol–water partition coefficient (Wildman–Crippen LogP) is 2.95. The number of nitrogens with one attached hydrogen (secondary N) is 1. The first-order valence-electron chi connectivity index (χ1n) is 8.83. The highest BCUT2D eigenvalue weighted by molar-refractivity contribution is 5.76. The first kappa shape index (κ1) is 14.4. The van der Waals surface area contributed by atoms with Crippen LogP contribution in [0.3, 0.4) is 0 Å². The van der Waals surface area contributed by atoms with Crippen molar-refractivity contribution in [2.75, 3.05) is 19.6 Å². The van der Waals surface area contributed by atoms with Gasteiger partial charge in [-0.1, -0.05) is 25.7 Å². The van der Waals surface area contributed by atoms with Crippen molar-refractivity contribution in [2.24, 2.45) is 11.8 Å². The van der Waals surface area contributed by atoms with Gasteiger partial charge < -0.3 is 10.2 Å². The van der Waals surface area contributed by atoms with Crippen LogP contribution in [0.25, 0.3) is 0 Å². The van der Waals surface area contributed by atoms with Crippen LogP contribution in [-0.4, -0.2) is 36.5 Å². The minimum absolute atomic E-state index is 0.449. The van der Waals surface area contributed by atoms with Gasteiger partial charge in [-0.2, -0.15) is 0 Å². The van der Waals surface area contributed by atoms with E-state index in [-0.39, 0.29) is 0 Å². The molecule has 0 aromatic heterocycles. The highest BCUT2D eigenvalue weighted by atomic mass is 16.2. The van der Waals surface area contributed by atoms with Crippen LogP contribution < -0.4 is 5.32 Å². The summed E-state index contributed by atoms with van der Waals surface area (Å²) in [6, 6.07) is 0.591. The van der Waals surface area contributed by atoms with Gasteiger partial charge in [0, 0.05) is 19.0 Å². The molecule has 3 nitrogen and oxygen atoms in total. The Bertz CT molecular complexity index is 315. The van der Waals surface area contributed by atoms with Gasteiger partial charge in [0.15, 0.2) is 0 Å². The standard InChI is InChI=1S/C17H30N2O/c20-17(10-7-14-4-1-2-5-14)19(16-8-9-16)13-15-6-3-11-18-12-15/h14-16,18H,1-13H2. The van der Waals surface area contributed by atoms with E-state index in [1.54, 1.807) is 0 Å². The van der Waals surface area contributed by atoms with E-state index in [1.165, 1.54) is 51.4 Å². The maximum absolute atomic E-state index is 12.6. The Labute approximate surface area is 123 Å². The molecule has 2 saturated carbocycles. The lowest BCUT2D eigenvalue weighted by atomic mass is 9.98. The fourth-order valence-electron chi connectivity index (χ4n) is 3.97. The Morgan fingerprint density at radius 2 is 1.75 bits per heavy atom. The molecule has 0 bridgehead atoms. The molecule has 1 aliphatic heterocycles. The second-order valence-electron chi connectivity index (χ2n) is 7.18. The third-order valence-electron chi connectivity index (χ3n) is 5.40. The molecule has 0 aromatic rings. The Morgan fingerprint density at radius 1 is 1.00 bits per heavy atom. The van der Waals surface area contributed by atoms with E-state index in [0.29, 0.717) is 17.9 Å².